The molecule has 0 saturated carbocycles. The molecule has 0 aliphatic carbocycles. The van der Waals surface area contributed by atoms with Gasteiger partial charge in [-0.05, 0) is 50.2 Å². The number of fused-ring (bicyclic) bond motifs is 6. The summed E-state index contributed by atoms with van der Waals surface area (Å²) in [6.07, 6.45) is 1.36. The van der Waals surface area contributed by atoms with Crippen LogP contribution in [0.25, 0.3) is 22.5 Å². The summed E-state index contributed by atoms with van der Waals surface area (Å²) in [5.74, 6) is -0.229. The minimum absolute atomic E-state index is 0.121. The van der Waals surface area contributed by atoms with Crippen LogP contribution in [0, 0.1) is 0 Å². The van der Waals surface area contributed by atoms with Crippen LogP contribution in [0.1, 0.15) is 43.2 Å². The highest BCUT2D eigenvalue weighted by atomic mass is 79.9. The molecule has 2 N–H and O–H groups in total. The van der Waals surface area contributed by atoms with Gasteiger partial charge in [0, 0.05) is 55.8 Å². The van der Waals surface area contributed by atoms with Gasteiger partial charge in [0.1, 0.15) is 18.1 Å². The third-order valence-electron chi connectivity index (χ3n) is 6.59. The van der Waals surface area contributed by atoms with Crippen LogP contribution in [0.4, 0.5) is 0 Å². The molecule has 0 radical (unpaired) electrons. The number of aromatic carboxylic acids is 1. The summed E-state index contributed by atoms with van der Waals surface area (Å²) in [4.78, 5) is 46.6. The molecule has 2 amide bonds. The van der Waals surface area contributed by atoms with Crippen molar-refractivity contribution < 1.29 is 33.7 Å². The van der Waals surface area contributed by atoms with Crippen LogP contribution >= 0.6 is 54.5 Å². The molecule has 0 atom stereocenters. The maximum Gasteiger partial charge on any atom is 0.365 e. The van der Waals surface area contributed by atoms with E-state index in [-0.39, 0.29) is 29.5 Å². The summed E-state index contributed by atoms with van der Waals surface area (Å²) < 4.78 is 18.1. The Bertz CT molecular complexity index is 1760. The fourth-order valence-electron chi connectivity index (χ4n) is 4.59. The molecule has 45 heavy (non-hydrogen) atoms. The molecule has 236 valence electrons. The summed E-state index contributed by atoms with van der Waals surface area (Å²) in [6.45, 7) is 4.58. The lowest BCUT2D eigenvalue weighted by molar-refractivity contribution is -0.129. The van der Waals surface area contributed by atoms with Gasteiger partial charge in [-0.25, -0.2) is 19.8 Å². The molecule has 2 aliphatic heterocycles. The summed E-state index contributed by atoms with van der Waals surface area (Å²) in [5, 5.41) is 10.8. The first-order valence-corrected chi connectivity index (χ1v) is 17.0. The molecule has 2 aromatic carbocycles. The summed E-state index contributed by atoms with van der Waals surface area (Å²) >= 11 is 9.39. The average molecular weight is 781 g/mol. The fourth-order valence-corrected chi connectivity index (χ4v) is 7.16. The second-order valence-corrected chi connectivity index (χ2v) is 14.1. The molecule has 2 aliphatic rings. The van der Waals surface area contributed by atoms with Crippen molar-refractivity contribution in [2.75, 3.05) is 26.9 Å². The molecule has 6 rings (SSSR count). The number of methoxy groups -OCH3 is 1. The molecule has 4 heterocycles. The first kappa shape index (κ1) is 33.0. The van der Waals surface area contributed by atoms with Crippen molar-refractivity contribution in [2.24, 2.45) is 0 Å². The van der Waals surface area contributed by atoms with Gasteiger partial charge in [0.25, 0.3) is 5.91 Å². The zero-order chi connectivity index (χ0) is 32.2. The number of carboxylic acid groups (broad SMARTS) is 1. The Morgan fingerprint density at radius 2 is 1.44 bits per heavy atom. The van der Waals surface area contributed by atoms with Gasteiger partial charge >= 0.3 is 11.9 Å². The van der Waals surface area contributed by atoms with Gasteiger partial charge in [-0.3, -0.25) is 15.0 Å². The number of benzene rings is 2. The van der Waals surface area contributed by atoms with Crippen molar-refractivity contribution >= 4 is 72.3 Å². The van der Waals surface area contributed by atoms with Crippen LogP contribution in [0.15, 0.2) is 45.3 Å². The van der Waals surface area contributed by atoms with E-state index in [0.717, 1.165) is 52.7 Å². The van der Waals surface area contributed by atoms with Crippen LogP contribution < -0.4 is 14.9 Å². The minimum atomic E-state index is -0.979. The monoisotopic (exact) mass is 778 g/mol. The topological polar surface area (TPSA) is 140 Å². The van der Waals surface area contributed by atoms with Crippen LogP contribution in [0.3, 0.4) is 0 Å². The van der Waals surface area contributed by atoms with E-state index in [4.69, 9.17) is 19.3 Å². The Kier molecular flexibility index (Phi) is 10.5. The lowest BCUT2D eigenvalue weighted by atomic mass is 10.1. The van der Waals surface area contributed by atoms with Gasteiger partial charge in [-0.15, -0.1) is 22.7 Å². The molecule has 0 fully saturated rings. The molecule has 15 heteroatoms. The third-order valence-corrected chi connectivity index (χ3v) is 9.78. The fraction of sp³-hybridized carbons (Fsp3) is 0.300. The van der Waals surface area contributed by atoms with E-state index < -0.39 is 5.97 Å². The van der Waals surface area contributed by atoms with E-state index in [1.165, 1.54) is 34.8 Å². The van der Waals surface area contributed by atoms with Gasteiger partial charge in [0.15, 0.2) is 5.01 Å². The SMILES string of the molecule is COCC(=O)NN(C(=O)c1nc2c(s1)CCOc1cc(Br)ccc1-2)C(C)C.O=C(O)c1nc2c(s1)CCOc1cc(Br)ccc1-2. The van der Waals surface area contributed by atoms with Gasteiger partial charge in [-0.2, -0.15) is 0 Å². The highest BCUT2D eigenvalue weighted by Crippen LogP contribution is 2.40. The molecule has 0 saturated heterocycles. The zero-order valence-corrected chi connectivity index (χ0v) is 29.2. The second-order valence-electron chi connectivity index (χ2n) is 10.1. The molecule has 2 aromatic heterocycles. The number of halogens is 2. The maximum absolute atomic E-state index is 13.0. The number of carboxylic acids is 1. The van der Waals surface area contributed by atoms with Crippen molar-refractivity contribution in [3.8, 4) is 34.0 Å². The Labute approximate surface area is 283 Å². The Morgan fingerprint density at radius 1 is 0.933 bits per heavy atom. The number of carbonyl (C=O) groups is 3. The molecule has 0 bridgehead atoms. The van der Waals surface area contributed by atoms with E-state index in [1.54, 1.807) is 0 Å². The number of aromatic nitrogens is 2. The second kappa shape index (κ2) is 14.4. The maximum atomic E-state index is 13.0. The van der Waals surface area contributed by atoms with Crippen molar-refractivity contribution in [2.45, 2.75) is 32.7 Å². The number of amides is 2. The number of thiazole rings is 2. The quantitative estimate of drug-likeness (QED) is 0.225. The highest BCUT2D eigenvalue weighted by Gasteiger charge is 2.28. The van der Waals surface area contributed by atoms with Crippen molar-refractivity contribution in [3.63, 3.8) is 0 Å². The molecule has 4 aromatic rings. The summed E-state index contributed by atoms with van der Waals surface area (Å²) in [7, 11) is 1.43. The Hall–Kier alpha value is -3.37. The molecule has 0 spiro atoms. The number of hydrazine groups is 1. The lowest BCUT2D eigenvalue weighted by Gasteiger charge is -2.26. The lowest BCUT2D eigenvalue weighted by Crippen LogP contribution is -2.51. The highest BCUT2D eigenvalue weighted by molar-refractivity contribution is 9.10. The number of nitrogens with one attached hydrogen (secondary N) is 1. The first-order chi connectivity index (χ1) is 21.5. The normalized spacial score (nSPS) is 12.8. The van der Waals surface area contributed by atoms with Crippen LogP contribution in [-0.2, 0) is 22.4 Å². The summed E-state index contributed by atoms with van der Waals surface area (Å²) in [5.41, 5.74) is 5.80. The third kappa shape index (κ3) is 7.55. The van der Waals surface area contributed by atoms with E-state index in [1.807, 2.05) is 50.2 Å². The Balaban J connectivity index is 0.000000192. The van der Waals surface area contributed by atoms with E-state index in [9.17, 15) is 14.4 Å². The van der Waals surface area contributed by atoms with Crippen LogP contribution in [-0.4, -0.2) is 70.8 Å². The van der Waals surface area contributed by atoms with Gasteiger partial charge in [-0.1, -0.05) is 31.9 Å². The van der Waals surface area contributed by atoms with Crippen molar-refractivity contribution in [1.29, 1.82) is 0 Å². The Morgan fingerprint density at radius 3 is 1.93 bits per heavy atom. The molecule has 11 nitrogen and oxygen atoms in total. The number of ether oxygens (including phenoxy) is 3. The van der Waals surface area contributed by atoms with Crippen LogP contribution in [0.5, 0.6) is 11.5 Å². The van der Waals surface area contributed by atoms with Crippen molar-refractivity contribution in [3.05, 3.63) is 65.1 Å². The number of hydrogen-bond donors (Lipinski definition) is 2. The van der Waals surface area contributed by atoms with Crippen LogP contribution in [0.2, 0.25) is 0 Å². The smallest absolute Gasteiger partial charge is 0.365 e. The predicted octanol–water partition coefficient (Wildman–Crippen LogP) is 6.24. The number of hydrogen-bond acceptors (Lipinski definition) is 10. The zero-order valence-electron chi connectivity index (χ0n) is 24.4. The number of rotatable bonds is 5. The van der Waals surface area contributed by atoms with E-state index in [2.05, 4.69) is 47.3 Å². The van der Waals surface area contributed by atoms with Gasteiger partial charge in [0.05, 0.1) is 24.6 Å². The van der Waals surface area contributed by atoms with Crippen molar-refractivity contribution in [1.82, 2.24) is 20.4 Å². The standard InChI is InChI=1S/C18H20BrN3O4S.C12H8BrNO3S/c1-10(2)22(21-15(23)9-25-3)18(24)17-20-16-12-5-4-11(19)8-13(12)26-7-6-14(16)27-17;13-6-1-2-7-8(5-6)17-4-3-9-10(7)14-11(18-9)12(15)16/h4-5,8,10H,6-7,9H2,1-3H3,(H,21,23);1-2,5H,3-4H2,(H,15,16). The van der Waals surface area contributed by atoms with E-state index in [0.29, 0.717) is 31.1 Å². The van der Waals surface area contributed by atoms with Gasteiger partial charge in [0.2, 0.25) is 5.01 Å². The predicted molar refractivity (Wildman–Crippen MR) is 177 cm³/mol. The molecular weight excluding hydrogens is 752 g/mol. The molecule has 0 unspecified atom stereocenters. The molecular formula is C30H28Br2N4O7S2. The summed E-state index contributed by atoms with van der Waals surface area (Å²) in [6, 6.07) is 11.2. The average Bonchev–Trinajstić information content (AvgIpc) is 3.52. The first-order valence-electron chi connectivity index (χ1n) is 13.8. The number of carbonyl (C=O) groups excluding carboxylic acids is 2. The largest absolute Gasteiger partial charge is 0.492 e. The minimum Gasteiger partial charge on any atom is -0.492 e. The number of nitrogens with zero attached hydrogens (tertiary/aromatic N) is 3. The van der Waals surface area contributed by atoms with E-state index >= 15 is 0 Å². The van der Waals surface area contributed by atoms with Gasteiger partial charge < -0.3 is 19.3 Å².